The maximum atomic E-state index is 6.09. The minimum atomic E-state index is -0.0937. The zero-order valence-corrected chi connectivity index (χ0v) is 11.1. The van der Waals surface area contributed by atoms with Gasteiger partial charge in [0.1, 0.15) is 0 Å². The number of benzene rings is 1. The Morgan fingerprint density at radius 1 is 1.31 bits per heavy atom. The lowest BCUT2D eigenvalue weighted by molar-refractivity contribution is 0.107. The van der Waals surface area contributed by atoms with Crippen LogP contribution in [0.15, 0.2) is 18.2 Å². The number of ether oxygens (including phenoxy) is 1. The summed E-state index contributed by atoms with van der Waals surface area (Å²) in [5.74, 6) is 0. The summed E-state index contributed by atoms with van der Waals surface area (Å²) < 4.78 is 5.18. The van der Waals surface area contributed by atoms with Crippen molar-refractivity contribution in [1.82, 2.24) is 0 Å². The van der Waals surface area contributed by atoms with Gasteiger partial charge in [-0.3, -0.25) is 0 Å². The van der Waals surface area contributed by atoms with E-state index in [2.05, 4.69) is 0 Å². The van der Waals surface area contributed by atoms with E-state index in [9.17, 15) is 0 Å². The highest BCUT2D eigenvalue weighted by molar-refractivity contribution is 6.42. The van der Waals surface area contributed by atoms with Crippen LogP contribution in [0.4, 0.5) is 0 Å². The molecule has 0 aliphatic rings. The molecule has 2 nitrogen and oxygen atoms in total. The Hall–Kier alpha value is -0.280. The highest BCUT2D eigenvalue weighted by Gasteiger charge is 2.13. The first kappa shape index (κ1) is 13.8. The van der Waals surface area contributed by atoms with E-state index in [1.54, 1.807) is 13.2 Å². The fourth-order valence-electron chi connectivity index (χ4n) is 1.49. The molecule has 1 rings (SSSR count). The summed E-state index contributed by atoms with van der Waals surface area (Å²) in [6.45, 7) is 2.02. The van der Waals surface area contributed by atoms with E-state index in [0.29, 0.717) is 10.0 Å². The summed E-state index contributed by atoms with van der Waals surface area (Å²) in [5, 5.41) is 1.11. The normalized spacial score (nSPS) is 14.8. The molecule has 2 N–H and O–H groups in total. The van der Waals surface area contributed by atoms with Crippen molar-refractivity contribution in [1.29, 1.82) is 0 Å². The van der Waals surface area contributed by atoms with Crippen molar-refractivity contribution >= 4 is 23.2 Å². The van der Waals surface area contributed by atoms with E-state index >= 15 is 0 Å². The molecule has 0 fully saturated rings. The molecule has 0 radical (unpaired) electrons. The molecule has 1 aromatic carbocycles. The molecule has 16 heavy (non-hydrogen) atoms. The van der Waals surface area contributed by atoms with Gasteiger partial charge in [0.05, 0.1) is 16.1 Å². The lowest BCUT2D eigenvalue weighted by Crippen LogP contribution is -2.14. The lowest BCUT2D eigenvalue weighted by atomic mass is 10.0. The molecule has 0 aliphatic carbocycles. The SMILES string of the molecule is COC(C)CCC(N)c1cccc(Cl)c1Cl. The fourth-order valence-corrected chi connectivity index (χ4v) is 1.94. The summed E-state index contributed by atoms with van der Waals surface area (Å²) in [7, 11) is 1.70. The molecule has 0 bridgehead atoms. The third kappa shape index (κ3) is 3.63. The smallest absolute Gasteiger partial charge is 0.0639 e. The van der Waals surface area contributed by atoms with Crippen LogP contribution in [0, 0.1) is 0 Å². The molecule has 0 amide bonds. The largest absolute Gasteiger partial charge is 0.382 e. The van der Waals surface area contributed by atoms with Gasteiger partial charge in [-0.2, -0.15) is 0 Å². The fraction of sp³-hybridized carbons (Fsp3) is 0.500. The Morgan fingerprint density at radius 3 is 2.62 bits per heavy atom. The molecule has 0 saturated carbocycles. The van der Waals surface area contributed by atoms with Crippen molar-refractivity contribution in [2.45, 2.75) is 31.9 Å². The molecule has 90 valence electrons. The van der Waals surface area contributed by atoms with Crippen molar-refractivity contribution < 1.29 is 4.74 Å². The minimum absolute atomic E-state index is 0.0937. The zero-order chi connectivity index (χ0) is 12.1. The number of hydrogen-bond donors (Lipinski definition) is 1. The van der Waals surface area contributed by atoms with Gasteiger partial charge in [0, 0.05) is 13.2 Å². The van der Waals surface area contributed by atoms with Crippen molar-refractivity contribution in [3.63, 3.8) is 0 Å². The van der Waals surface area contributed by atoms with Crippen LogP contribution >= 0.6 is 23.2 Å². The van der Waals surface area contributed by atoms with Crippen molar-refractivity contribution in [2.24, 2.45) is 5.73 Å². The van der Waals surface area contributed by atoms with Crippen molar-refractivity contribution in [3.8, 4) is 0 Å². The molecule has 0 aliphatic heterocycles. The van der Waals surface area contributed by atoms with Crippen LogP contribution in [0.5, 0.6) is 0 Å². The van der Waals surface area contributed by atoms with Gasteiger partial charge in [-0.15, -0.1) is 0 Å². The average molecular weight is 262 g/mol. The second-order valence-electron chi connectivity index (χ2n) is 3.87. The van der Waals surface area contributed by atoms with Crippen LogP contribution in [0.1, 0.15) is 31.4 Å². The predicted molar refractivity (Wildman–Crippen MR) is 69.1 cm³/mol. The Bertz CT molecular complexity index is 344. The van der Waals surface area contributed by atoms with Crippen LogP contribution < -0.4 is 5.73 Å². The summed E-state index contributed by atoms with van der Waals surface area (Å²) in [6, 6.07) is 5.45. The van der Waals surface area contributed by atoms with Gasteiger partial charge >= 0.3 is 0 Å². The van der Waals surface area contributed by atoms with Gasteiger partial charge in [0.25, 0.3) is 0 Å². The quantitative estimate of drug-likeness (QED) is 0.875. The van der Waals surface area contributed by atoms with E-state index in [1.807, 2.05) is 19.1 Å². The maximum Gasteiger partial charge on any atom is 0.0639 e. The minimum Gasteiger partial charge on any atom is -0.382 e. The number of methoxy groups -OCH3 is 1. The topological polar surface area (TPSA) is 35.2 Å². The monoisotopic (exact) mass is 261 g/mol. The first-order chi connectivity index (χ1) is 7.56. The van der Waals surface area contributed by atoms with Crippen LogP contribution in [-0.2, 0) is 4.74 Å². The van der Waals surface area contributed by atoms with E-state index in [0.717, 1.165) is 18.4 Å². The third-order valence-electron chi connectivity index (χ3n) is 2.67. The highest BCUT2D eigenvalue weighted by Crippen LogP contribution is 2.30. The molecule has 2 atom stereocenters. The van der Waals surface area contributed by atoms with Crippen molar-refractivity contribution in [3.05, 3.63) is 33.8 Å². The van der Waals surface area contributed by atoms with Gasteiger partial charge in [0.15, 0.2) is 0 Å². The molecule has 0 aromatic heterocycles. The van der Waals surface area contributed by atoms with Crippen LogP contribution in [0.2, 0.25) is 10.0 Å². The summed E-state index contributed by atoms with van der Waals surface area (Å²) in [4.78, 5) is 0. The molecule has 1 aromatic rings. The van der Waals surface area contributed by atoms with Crippen LogP contribution in [-0.4, -0.2) is 13.2 Å². The van der Waals surface area contributed by atoms with Crippen LogP contribution in [0.3, 0.4) is 0 Å². The molecule has 0 saturated heterocycles. The molecule has 0 spiro atoms. The Balaban J connectivity index is 2.66. The Morgan fingerprint density at radius 2 is 2.00 bits per heavy atom. The van der Waals surface area contributed by atoms with Gasteiger partial charge in [-0.1, -0.05) is 35.3 Å². The predicted octanol–water partition coefficient (Wildman–Crippen LogP) is 3.81. The summed E-state index contributed by atoms with van der Waals surface area (Å²) in [6.07, 6.45) is 1.94. The second kappa shape index (κ2) is 6.45. The lowest BCUT2D eigenvalue weighted by Gasteiger charge is -2.16. The standard InChI is InChI=1S/C12H17Cl2NO/c1-8(16-2)6-7-11(15)9-4-3-5-10(13)12(9)14/h3-5,8,11H,6-7,15H2,1-2H3. The van der Waals surface area contributed by atoms with Gasteiger partial charge in [-0.05, 0) is 31.4 Å². The molecule has 2 unspecified atom stereocenters. The third-order valence-corrected chi connectivity index (χ3v) is 3.50. The van der Waals surface area contributed by atoms with E-state index in [1.165, 1.54) is 0 Å². The number of halogens is 2. The van der Waals surface area contributed by atoms with E-state index < -0.39 is 0 Å². The average Bonchev–Trinajstić information content (AvgIpc) is 2.29. The number of rotatable bonds is 5. The maximum absolute atomic E-state index is 6.09. The van der Waals surface area contributed by atoms with E-state index in [-0.39, 0.29) is 12.1 Å². The van der Waals surface area contributed by atoms with Gasteiger partial charge < -0.3 is 10.5 Å². The first-order valence-electron chi connectivity index (χ1n) is 5.28. The molecular weight excluding hydrogens is 245 g/mol. The summed E-state index contributed by atoms with van der Waals surface area (Å²) in [5.41, 5.74) is 6.97. The molecule has 0 heterocycles. The van der Waals surface area contributed by atoms with Gasteiger partial charge in [0.2, 0.25) is 0 Å². The Kier molecular flexibility index (Phi) is 5.56. The molecule has 4 heteroatoms. The Labute approximate surface area is 107 Å². The van der Waals surface area contributed by atoms with Gasteiger partial charge in [-0.25, -0.2) is 0 Å². The number of hydrogen-bond acceptors (Lipinski definition) is 2. The highest BCUT2D eigenvalue weighted by atomic mass is 35.5. The second-order valence-corrected chi connectivity index (χ2v) is 4.66. The first-order valence-corrected chi connectivity index (χ1v) is 6.04. The number of nitrogens with two attached hydrogens (primary N) is 1. The molecular formula is C12H17Cl2NO. The van der Waals surface area contributed by atoms with Crippen molar-refractivity contribution in [2.75, 3.05) is 7.11 Å². The van der Waals surface area contributed by atoms with E-state index in [4.69, 9.17) is 33.7 Å². The summed E-state index contributed by atoms with van der Waals surface area (Å²) >= 11 is 12.0. The van der Waals surface area contributed by atoms with Crippen LogP contribution in [0.25, 0.3) is 0 Å². The zero-order valence-electron chi connectivity index (χ0n) is 9.54.